The Balaban J connectivity index is 1.99. The topological polar surface area (TPSA) is 12.0 Å². The summed E-state index contributed by atoms with van der Waals surface area (Å²) in [4.78, 5) is 0. The molecule has 0 spiro atoms. The number of nitrogens with one attached hydrogen (secondary N) is 1. The van der Waals surface area contributed by atoms with Crippen LogP contribution in [0.25, 0.3) is 0 Å². The third kappa shape index (κ3) is 1.41. The molecule has 1 aromatic rings. The van der Waals surface area contributed by atoms with E-state index >= 15 is 0 Å². The number of rotatable bonds is 2. The van der Waals surface area contributed by atoms with E-state index in [1.165, 1.54) is 32.1 Å². The summed E-state index contributed by atoms with van der Waals surface area (Å²) >= 11 is 0. The van der Waals surface area contributed by atoms with Crippen LogP contribution in [0, 0.1) is 0 Å². The summed E-state index contributed by atoms with van der Waals surface area (Å²) in [7, 11) is 2.13. The maximum Gasteiger partial charge on any atom is 0.0248 e. The first-order chi connectivity index (χ1) is 7.36. The van der Waals surface area contributed by atoms with E-state index in [0.717, 1.165) is 5.92 Å². The Kier molecular flexibility index (Phi) is 2.10. The van der Waals surface area contributed by atoms with Gasteiger partial charge < -0.3 is 5.32 Å². The first-order valence-electron chi connectivity index (χ1n) is 6.12. The van der Waals surface area contributed by atoms with Gasteiger partial charge in [-0.25, -0.2) is 0 Å². The van der Waals surface area contributed by atoms with Crippen molar-refractivity contribution in [3.8, 4) is 0 Å². The van der Waals surface area contributed by atoms with Crippen molar-refractivity contribution in [3.63, 3.8) is 0 Å². The first kappa shape index (κ1) is 9.41. The highest BCUT2D eigenvalue weighted by atomic mass is 15.0. The highest BCUT2D eigenvalue weighted by Crippen LogP contribution is 2.51. The summed E-state index contributed by atoms with van der Waals surface area (Å²) in [5, 5.41) is 3.56. The molecule has 0 aromatic heterocycles. The predicted molar refractivity (Wildman–Crippen MR) is 63.1 cm³/mol. The molecular weight excluding hydrogens is 182 g/mol. The largest absolute Gasteiger partial charge is 0.314 e. The number of fused-ring (bicyclic) bond motifs is 1. The molecule has 1 unspecified atom stereocenters. The van der Waals surface area contributed by atoms with Crippen molar-refractivity contribution in [1.29, 1.82) is 0 Å². The van der Waals surface area contributed by atoms with Gasteiger partial charge in [0.15, 0.2) is 0 Å². The quantitative estimate of drug-likeness (QED) is 0.776. The lowest BCUT2D eigenvalue weighted by atomic mass is 9.77. The van der Waals surface area contributed by atoms with E-state index in [9.17, 15) is 0 Å². The number of aryl methyl sites for hydroxylation is 1. The molecule has 0 bridgehead atoms. The molecule has 0 heterocycles. The summed E-state index contributed by atoms with van der Waals surface area (Å²) in [5.74, 6) is 0.771. The van der Waals surface area contributed by atoms with Gasteiger partial charge in [-0.05, 0) is 50.3 Å². The van der Waals surface area contributed by atoms with Gasteiger partial charge in [0.2, 0.25) is 0 Å². The lowest BCUT2D eigenvalue weighted by molar-refractivity contribution is 0.397. The van der Waals surface area contributed by atoms with Gasteiger partial charge in [0.05, 0.1) is 0 Å². The molecule has 1 saturated carbocycles. The zero-order chi connectivity index (χ0) is 10.3. The van der Waals surface area contributed by atoms with Crippen molar-refractivity contribution in [3.05, 3.63) is 35.4 Å². The maximum atomic E-state index is 3.56. The number of hydrogen-bond acceptors (Lipinski definition) is 1. The minimum Gasteiger partial charge on any atom is -0.314 e. The highest BCUT2D eigenvalue weighted by molar-refractivity contribution is 5.37. The third-order valence-electron chi connectivity index (χ3n) is 4.32. The van der Waals surface area contributed by atoms with Gasteiger partial charge in [-0.3, -0.25) is 0 Å². The summed E-state index contributed by atoms with van der Waals surface area (Å²) < 4.78 is 0. The maximum absolute atomic E-state index is 3.56. The third-order valence-corrected chi connectivity index (χ3v) is 4.32. The molecule has 1 nitrogen and oxygen atoms in total. The van der Waals surface area contributed by atoms with Crippen LogP contribution < -0.4 is 5.32 Å². The lowest BCUT2D eigenvalue weighted by Gasteiger charge is -2.32. The second kappa shape index (κ2) is 3.34. The molecule has 1 heteroatoms. The number of benzene rings is 1. The fraction of sp³-hybridized carbons (Fsp3) is 0.571. The Labute approximate surface area is 91.9 Å². The van der Waals surface area contributed by atoms with Crippen LogP contribution in [0.2, 0.25) is 0 Å². The Morgan fingerprint density at radius 1 is 1.27 bits per heavy atom. The van der Waals surface area contributed by atoms with Crippen molar-refractivity contribution >= 4 is 0 Å². The van der Waals surface area contributed by atoms with Crippen molar-refractivity contribution in [1.82, 2.24) is 5.32 Å². The minimum absolute atomic E-state index is 0.455. The SMILES string of the molecule is CNC1(C2CCCc3ccccc32)CC1. The van der Waals surface area contributed by atoms with Gasteiger partial charge in [-0.1, -0.05) is 24.3 Å². The molecule has 3 rings (SSSR count). The molecule has 0 aliphatic heterocycles. The normalized spacial score (nSPS) is 27.1. The van der Waals surface area contributed by atoms with Crippen molar-refractivity contribution < 1.29 is 0 Å². The van der Waals surface area contributed by atoms with Gasteiger partial charge in [0, 0.05) is 11.5 Å². The lowest BCUT2D eigenvalue weighted by Crippen LogP contribution is -2.36. The van der Waals surface area contributed by atoms with E-state index in [0.29, 0.717) is 5.54 Å². The first-order valence-corrected chi connectivity index (χ1v) is 6.12. The average Bonchev–Trinajstić information content (AvgIpc) is 3.09. The highest BCUT2D eigenvalue weighted by Gasteiger charge is 2.49. The van der Waals surface area contributed by atoms with Crippen LogP contribution in [0.15, 0.2) is 24.3 Å². The number of likely N-dealkylation sites (N-methyl/N-ethyl adjacent to an activating group) is 1. The molecule has 15 heavy (non-hydrogen) atoms. The van der Waals surface area contributed by atoms with Gasteiger partial charge in [0.25, 0.3) is 0 Å². The van der Waals surface area contributed by atoms with Crippen molar-refractivity contribution in [2.24, 2.45) is 0 Å². The molecule has 0 amide bonds. The van der Waals surface area contributed by atoms with E-state index in [1.54, 1.807) is 11.1 Å². The Bertz CT molecular complexity index is 365. The van der Waals surface area contributed by atoms with E-state index in [1.807, 2.05) is 0 Å². The molecule has 0 saturated heterocycles. The summed E-state index contributed by atoms with van der Waals surface area (Å²) in [5.41, 5.74) is 3.67. The second-order valence-electron chi connectivity index (χ2n) is 5.05. The van der Waals surface area contributed by atoms with Crippen LogP contribution in [0.3, 0.4) is 0 Å². The fourth-order valence-electron chi connectivity index (χ4n) is 3.24. The summed E-state index contributed by atoms with van der Waals surface area (Å²) in [6.07, 6.45) is 6.75. The van der Waals surface area contributed by atoms with Crippen LogP contribution in [0.5, 0.6) is 0 Å². The predicted octanol–water partition coefficient (Wildman–Crippen LogP) is 2.86. The van der Waals surface area contributed by atoms with E-state index in [2.05, 4.69) is 36.6 Å². The minimum atomic E-state index is 0.455. The summed E-state index contributed by atoms with van der Waals surface area (Å²) in [6, 6.07) is 9.03. The van der Waals surface area contributed by atoms with Crippen molar-refractivity contribution in [2.75, 3.05) is 7.05 Å². The Morgan fingerprint density at radius 3 is 2.80 bits per heavy atom. The Hall–Kier alpha value is -0.820. The summed E-state index contributed by atoms with van der Waals surface area (Å²) in [6.45, 7) is 0. The van der Waals surface area contributed by atoms with Crippen LogP contribution in [0.4, 0.5) is 0 Å². The molecule has 2 aliphatic rings. The molecule has 0 radical (unpaired) electrons. The molecule has 1 atom stereocenters. The zero-order valence-corrected chi connectivity index (χ0v) is 9.42. The van der Waals surface area contributed by atoms with Crippen LogP contribution in [-0.2, 0) is 6.42 Å². The molecule has 1 N–H and O–H groups in total. The molecule has 80 valence electrons. The van der Waals surface area contributed by atoms with Crippen LogP contribution >= 0.6 is 0 Å². The van der Waals surface area contributed by atoms with E-state index in [4.69, 9.17) is 0 Å². The van der Waals surface area contributed by atoms with Crippen molar-refractivity contribution in [2.45, 2.75) is 43.6 Å². The molecule has 1 aromatic carbocycles. The van der Waals surface area contributed by atoms with Gasteiger partial charge in [-0.2, -0.15) is 0 Å². The van der Waals surface area contributed by atoms with E-state index in [-0.39, 0.29) is 0 Å². The van der Waals surface area contributed by atoms with Crippen LogP contribution in [0.1, 0.15) is 42.7 Å². The standard InChI is InChI=1S/C14H19N/c1-15-14(9-10-14)13-8-4-6-11-5-2-3-7-12(11)13/h2-3,5,7,13,15H,4,6,8-10H2,1H3. The van der Waals surface area contributed by atoms with Gasteiger partial charge in [0.1, 0.15) is 0 Å². The van der Waals surface area contributed by atoms with Gasteiger partial charge >= 0.3 is 0 Å². The van der Waals surface area contributed by atoms with Crippen LogP contribution in [-0.4, -0.2) is 12.6 Å². The van der Waals surface area contributed by atoms with Gasteiger partial charge in [-0.15, -0.1) is 0 Å². The molecular formula is C14H19N. The second-order valence-corrected chi connectivity index (χ2v) is 5.05. The molecule has 1 fully saturated rings. The smallest absolute Gasteiger partial charge is 0.0248 e. The average molecular weight is 201 g/mol. The fourth-order valence-corrected chi connectivity index (χ4v) is 3.24. The number of hydrogen-bond donors (Lipinski definition) is 1. The van der Waals surface area contributed by atoms with E-state index < -0.39 is 0 Å². The molecule has 2 aliphatic carbocycles. The Morgan fingerprint density at radius 2 is 2.07 bits per heavy atom. The monoisotopic (exact) mass is 201 g/mol. The zero-order valence-electron chi connectivity index (χ0n) is 9.42.